The fourth-order valence-corrected chi connectivity index (χ4v) is 3.09. The summed E-state index contributed by atoms with van der Waals surface area (Å²) in [5.74, 6) is -0.0807. The van der Waals surface area contributed by atoms with Crippen LogP contribution in [-0.4, -0.2) is 30.7 Å². The topological polar surface area (TPSA) is 76.1 Å². The third kappa shape index (κ3) is 3.62. The molecule has 6 heteroatoms. The summed E-state index contributed by atoms with van der Waals surface area (Å²) in [5, 5.41) is 9.45. The maximum absolute atomic E-state index is 13.2. The van der Waals surface area contributed by atoms with Crippen LogP contribution in [-0.2, 0) is 14.3 Å². The summed E-state index contributed by atoms with van der Waals surface area (Å²) in [6, 6.07) is 13.5. The van der Waals surface area contributed by atoms with Crippen molar-refractivity contribution in [3.05, 3.63) is 70.9 Å². The van der Waals surface area contributed by atoms with E-state index in [1.807, 2.05) is 6.92 Å². The first kappa shape index (κ1) is 19.2. The van der Waals surface area contributed by atoms with Gasteiger partial charge in [-0.25, -0.2) is 4.79 Å². The van der Waals surface area contributed by atoms with Crippen LogP contribution in [0, 0.1) is 0 Å². The van der Waals surface area contributed by atoms with E-state index < -0.39 is 5.97 Å². The molecule has 0 bridgehead atoms. The number of esters is 1. The van der Waals surface area contributed by atoms with Gasteiger partial charge in [-0.05, 0) is 61.9 Å². The Morgan fingerprint density at radius 2 is 1.75 bits per heavy atom. The first-order chi connectivity index (χ1) is 13.5. The zero-order valence-corrected chi connectivity index (χ0v) is 15.9. The molecule has 2 aromatic carbocycles. The van der Waals surface area contributed by atoms with E-state index in [9.17, 15) is 14.7 Å². The predicted molar refractivity (Wildman–Crippen MR) is 106 cm³/mol. The molecule has 28 heavy (non-hydrogen) atoms. The molecule has 144 valence electrons. The number of benzene rings is 2. The zero-order chi connectivity index (χ0) is 20.3. The molecule has 1 N–H and O–H groups in total. The molecule has 1 heterocycles. The number of methoxy groups -OCH3 is 1. The van der Waals surface area contributed by atoms with Crippen molar-refractivity contribution in [2.75, 3.05) is 18.6 Å². The van der Waals surface area contributed by atoms with Gasteiger partial charge in [-0.2, -0.15) is 0 Å². The number of anilines is 1. The van der Waals surface area contributed by atoms with Gasteiger partial charge in [-0.3, -0.25) is 9.69 Å². The van der Waals surface area contributed by atoms with Gasteiger partial charge in [0.2, 0.25) is 0 Å². The van der Waals surface area contributed by atoms with Crippen LogP contribution >= 0.6 is 0 Å². The Kier molecular flexibility index (Phi) is 5.49. The molecule has 1 aliphatic rings. The van der Waals surface area contributed by atoms with E-state index in [-0.39, 0.29) is 22.8 Å². The van der Waals surface area contributed by atoms with Gasteiger partial charge in [-0.15, -0.1) is 0 Å². The molecule has 6 nitrogen and oxygen atoms in total. The first-order valence-corrected chi connectivity index (χ1v) is 8.84. The molecule has 0 atom stereocenters. The Morgan fingerprint density at radius 1 is 1.11 bits per heavy atom. The Labute approximate surface area is 163 Å². The molecule has 0 unspecified atom stereocenters. The molecule has 2 aromatic rings. The Balaban J connectivity index is 2.05. The number of rotatable bonds is 5. The van der Waals surface area contributed by atoms with Crippen LogP contribution in [0.1, 0.15) is 19.4 Å². The highest BCUT2D eigenvalue weighted by Gasteiger charge is 2.37. The highest BCUT2D eigenvalue weighted by Crippen LogP contribution is 2.36. The predicted octanol–water partition coefficient (Wildman–Crippen LogP) is 3.67. The summed E-state index contributed by atoms with van der Waals surface area (Å²) in [5.41, 5.74) is 2.26. The second kappa shape index (κ2) is 8.00. The molecular weight excluding hydrogens is 358 g/mol. The van der Waals surface area contributed by atoms with Crippen molar-refractivity contribution in [3.8, 4) is 11.5 Å². The number of hydrogen-bond acceptors (Lipinski definition) is 5. The molecule has 3 rings (SSSR count). The van der Waals surface area contributed by atoms with Crippen molar-refractivity contribution in [1.82, 2.24) is 0 Å². The summed E-state index contributed by atoms with van der Waals surface area (Å²) >= 11 is 0. The van der Waals surface area contributed by atoms with E-state index in [1.54, 1.807) is 49.4 Å². The molecular formula is C22H21NO5. The standard InChI is InChI=1S/C22H21NO5/c1-4-28-18-11-7-16(8-12-18)23-14(2)20(22(26)27-3)19(21(23)25)13-15-5-9-17(24)10-6-15/h5-13,24H,4H2,1-3H3/b19-13-. The van der Waals surface area contributed by atoms with E-state index in [1.165, 1.54) is 24.1 Å². The van der Waals surface area contributed by atoms with E-state index in [2.05, 4.69) is 0 Å². The second-order valence-corrected chi connectivity index (χ2v) is 6.17. The number of amides is 1. The molecule has 1 aliphatic heterocycles. The lowest BCUT2D eigenvalue weighted by Gasteiger charge is -2.18. The number of allylic oxidation sites excluding steroid dienone is 1. The van der Waals surface area contributed by atoms with Gasteiger partial charge in [0.1, 0.15) is 11.5 Å². The molecule has 0 fully saturated rings. The van der Waals surface area contributed by atoms with Crippen LogP contribution in [0.3, 0.4) is 0 Å². The van der Waals surface area contributed by atoms with E-state index in [0.717, 1.165) is 0 Å². The van der Waals surface area contributed by atoms with Crippen LogP contribution in [0.4, 0.5) is 5.69 Å². The minimum atomic E-state index is -0.579. The minimum absolute atomic E-state index is 0.121. The van der Waals surface area contributed by atoms with Crippen molar-refractivity contribution in [2.24, 2.45) is 0 Å². The van der Waals surface area contributed by atoms with Gasteiger partial charge in [0.25, 0.3) is 5.91 Å². The number of nitrogens with zero attached hydrogens (tertiary/aromatic N) is 1. The van der Waals surface area contributed by atoms with Crippen molar-refractivity contribution in [3.63, 3.8) is 0 Å². The van der Waals surface area contributed by atoms with Gasteiger partial charge >= 0.3 is 5.97 Å². The summed E-state index contributed by atoms with van der Waals surface area (Å²) in [7, 11) is 1.28. The van der Waals surface area contributed by atoms with Crippen LogP contribution in [0.25, 0.3) is 6.08 Å². The van der Waals surface area contributed by atoms with Gasteiger partial charge in [0, 0.05) is 11.4 Å². The van der Waals surface area contributed by atoms with Crippen LogP contribution in [0.15, 0.2) is 65.4 Å². The Morgan fingerprint density at radius 3 is 2.32 bits per heavy atom. The van der Waals surface area contributed by atoms with Crippen molar-refractivity contribution in [1.29, 1.82) is 0 Å². The van der Waals surface area contributed by atoms with Crippen LogP contribution in [0.5, 0.6) is 11.5 Å². The maximum Gasteiger partial charge on any atom is 0.340 e. The average molecular weight is 379 g/mol. The monoisotopic (exact) mass is 379 g/mol. The SMILES string of the molecule is CCOc1ccc(N2C(=O)/C(=C\c3ccc(O)cc3)C(C(=O)OC)=C2C)cc1. The number of phenolic OH excluding ortho intramolecular Hbond substituents is 1. The summed E-state index contributed by atoms with van der Waals surface area (Å²) in [6.07, 6.45) is 1.62. The average Bonchev–Trinajstić information content (AvgIpc) is 2.94. The first-order valence-electron chi connectivity index (χ1n) is 8.84. The number of carbonyl (C=O) groups excluding carboxylic acids is 2. The lowest BCUT2D eigenvalue weighted by atomic mass is 10.0. The largest absolute Gasteiger partial charge is 0.508 e. The highest BCUT2D eigenvalue weighted by molar-refractivity contribution is 6.23. The number of hydrogen-bond donors (Lipinski definition) is 1. The quantitative estimate of drug-likeness (QED) is 0.634. The fraction of sp³-hybridized carbons (Fsp3) is 0.182. The zero-order valence-electron chi connectivity index (χ0n) is 15.9. The van der Waals surface area contributed by atoms with Gasteiger partial charge in [-0.1, -0.05) is 12.1 Å². The Hall–Kier alpha value is -3.54. The Bertz CT molecular complexity index is 955. The smallest absolute Gasteiger partial charge is 0.340 e. The molecule has 0 saturated carbocycles. The number of ether oxygens (including phenoxy) is 2. The summed E-state index contributed by atoms with van der Waals surface area (Å²) < 4.78 is 10.3. The molecule has 0 aliphatic carbocycles. The van der Waals surface area contributed by atoms with Crippen LogP contribution < -0.4 is 9.64 Å². The van der Waals surface area contributed by atoms with Crippen LogP contribution in [0.2, 0.25) is 0 Å². The lowest BCUT2D eigenvalue weighted by Crippen LogP contribution is -2.24. The normalized spacial score (nSPS) is 15.3. The third-order valence-corrected chi connectivity index (χ3v) is 4.40. The van der Waals surface area contributed by atoms with E-state index in [0.29, 0.717) is 29.3 Å². The highest BCUT2D eigenvalue weighted by atomic mass is 16.5. The lowest BCUT2D eigenvalue weighted by molar-refractivity contribution is -0.136. The minimum Gasteiger partial charge on any atom is -0.508 e. The van der Waals surface area contributed by atoms with Gasteiger partial charge in [0.05, 0.1) is 24.9 Å². The third-order valence-electron chi connectivity index (χ3n) is 4.40. The molecule has 0 spiro atoms. The van der Waals surface area contributed by atoms with E-state index >= 15 is 0 Å². The van der Waals surface area contributed by atoms with E-state index in [4.69, 9.17) is 9.47 Å². The summed E-state index contributed by atoms with van der Waals surface area (Å²) in [6.45, 7) is 4.15. The van der Waals surface area contributed by atoms with Gasteiger partial charge < -0.3 is 14.6 Å². The van der Waals surface area contributed by atoms with Gasteiger partial charge in [0.15, 0.2) is 0 Å². The molecule has 1 amide bonds. The second-order valence-electron chi connectivity index (χ2n) is 6.17. The van der Waals surface area contributed by atoms with Crippen molar-refractivity contribution < 1.29 is 24.2 Å². The maximum atomic E-state index is 13.2. The summed E-state index contributed by atoms with van der Waals surface area (Å²) in [4.78, 5) is 27.0. The number of aromatic hydroxyl groups is 1. The number of phenols is 1. The van der Waals surface area contributed by atoms with Crippen molar-refractivity contribution >= 4 is 23.6 Å². The fourth-order valence-electron chi connectivity index (χ4n) is 3.09. The number of carbonyl (C=O) groups is 2. The molecule has 0 aromatic heterocycles. The molecule has 0 saturated heterocycles. The van der Waals surface area contributed by atoms with Crippen molar-refractivity contribution in [2.45, 2.75) is 13.8 Å². The molecule has 0 radical (unpaired) electrons.